The van der Waals surface area contributed by atoms with Crippen molar-refractivity contribution in [3.8, 4) is 6.07 Å². The van der Waals surface area contributed by atoms with Crippen LogP contribution in [0.4, 0.5) is 5.69 Å². The van der Waals surface area contributed by atoms with Gasteiger partial charge in [0, 0.05) is 16.1 Å². The summed E-state index contributed by atoms with van der Waals surface area (Å²) in [5.41, 5.74) is 3.26. The first kappa shape index (κ1) is 24.0. The van der Waals surface area contributed by atoms with E-state index in [1.807, 2.05) is 36.4 Å². The van der Waals surface area contributed by atoms with Gasteiger partial charge in [-0.1, -0.05) is 28.1 Å². The van der Waals surface area contributed by atoms with Crippen LogP contribution in [-0.2, 0) is 28.9 Å². The maximum absolute atomic E-state index is 13.1. The Morgan fingerprint density at radius 2 is 2.12 bits per heavy atom. The molecule has 0 saturated carbocycles. The van der Waals surface area contributed by atoms with Crippen molar-refractivity contribution in [1.82, 2.24) is 19.6 Å². The Morgan fingerprint density at radius 3 is 2.91 bits per heavy atom. The summed E-state index contributed by atoms with van der Waals surface area (Å²) < 4.78 is 10.1. The van der Waals surface area contributed by atoms with Gasteiger partial charge in [-0.3, -0.25) is 9.48 Å². The second-order valence-corrected chi connectivity index (χ2v) is 11.2. The van der Waals surface area contributed by atoms with Crippen LogP contribution >= 0.6 is 15.9 Å². The molecule has 4 rings (SSSR count). The fourth-order valence-corrected chi connectivity index (χ4v) is 4.22. The molecule has 0 aliphatic heterocycles. The van der Waals surface area contributed by atoms with E-state index in [9.17, 15) is 4.79 Å². The minimum absolute atomic E-state index is 0.275. The number of aromatic nitrogens is 4. The lowest BCUT2D eigenvalue weighted by Crippen LogP contribution is -2.15. The second kappa shape index (κ2) is 10.9. The highest BCUT2D eigenvalue weighted by Crippen LogP contribution is 2.24. The average molecular weight is 540 g/mol. The maximum atomic E-state index is 13.1. The van der Waals surface area contributed by atoms with Crippen molar-refractivity contribution in [3.63, 3.8) is 0 Å². The van der Waals surface area contributed by atoms with Gasteiger partial charge in [-0.05, 0) is 46.8 Å². The zero-order chi connectivity index (χ0) is 24.1. The van der Waals surface area contributed by atoms with E-state index in [2.05, 4.69) is 50.0 Å². The van der Waals surface area contributed by atoms with Gasteiger partial charge in [0.2, 0.25) is 0 Å². The van der Waals surface area contributed by atoms with Crippen LogP contribution in [0.15, 0.2) is 59.3 Å². The molecule has 2 aromatic heterocycles. The topological polar surface area (TPSA) is 97.8 Å². The Morgan fingerprint density at radius 1 is 1.26 bits per heavy atom. The number of anilines is 1. The number of fused-ring (bicyclic) bond motifs is 1. The Labute approximate surface area is 209 Å². The number of carbonyl (C=O) groups excluding carboxylic acids is 1. The second-order valence-electron chi connectivity index (χ2n) is 7.93. The van der Waals surface area contributed by atoms with Gasteiger partial charge in [0.1, 0.15) is 12.5 Å². The lowest BCUT2D eigenvalue weighted by molar-refractivity contribution is 0.0832. The van der Waals surface area contributed by atoms with Gasteiger partial charge in [0.05, 0.1) is 54.7 Å². The predicted octanol–water partition coefficient (Wildman–Crippen LogP) is 4.02. The van der Waals surface area contributed by atoms with Crippen LogP contribution in [0.3, 0.4) is 0 Å². The summed E-state index contributed by atoms with van der Waals surface area (Å²) in [5, 5.41) is 21.6. The van der Waals surface area contributed by atoms with Crippen LogP contribution in [0.2, 0.25) is 0 Å². The van der Waals surface area contributed by atoms with E-state index < -0.39 is 0 Å². The molecule has 0 spiro atoms. The molecule has 1 N–H and O–H groups in total. The van der Waals surface area contributed by atoms with E-state index in [1.54, 1.807) is 27.8 Å². The van der Waals surface area contributed by atoms with Crippen molar-refractivity contribution in [1.29, 1.82) is 5.26 Å². The number of carbonyl (C=O) groups is 1. The van der Waals surface area contributed by atoms with Crippen molar-refractivity contribution in [2.75, 3.05) is 30.2 Å². The highest BCUT2D eigenvalue weighted by atomic mass is 79.9. The first-order chi connectivity index (χ1) is 16.4. The van der Waals surface area contributed by atoms with Crippen molar-refractivity contribution in [2.24, 2.45) is 0 Å². The highest BCUT2D eigenvalue weighted by molar-refractivity contribution is 9.10. The summed E-state index contributed by atoms with van der Waals surface area (Å²) in [4.78, 5) is 13.1. The fraction of sp³-hybridized carbons (Fsp3) is 0.250. The van der Waals surface area contributed by atoms with Gasteiger partial charge in [0.15, 0.2) is 5.69 Å². The average Bonchev–Trinajstić information content (AvgIpc) is 3.40. The monoisotopic (exact) mass is 539 g/mol. The smallest absolute Gasteiger partial charge is 0.276 e. The first-order valence-corrected chi connectivity index (χ1v) is 13.5. The largest absolute Gasteiger partial charge is 0.354 e. The van der Waals surface area contributed by atoms with Gasteiger partial charge in [-0.15, -0.1) is 0 Å². The van der Waals surface area contributed by atoms with Gasteiger partial charge in [-0.25, -0.2) is 4.68 Å². The van der Waals surface area contributed by atoms with Crippen LogP contribution in [0, 0.1) is 11.3 Å². The lowest BCUT2D eigenvalue weighted by Gasteiger charge is -2.04. The number of amides is 1. The number of nitrogens with zero attached hydrogens (tertiary/aromatic N) is 5. The summed E-state index contributed by atoms with van der Waals surface area (Å²) in [5.74, 6) is 0.668. The molecule has 8 nitrogen and oxygen atoms in total. The lowest BCUT2D eigenvalue weighted by atomic mass is 10.1. The van der Waals surface area contributed by atoms with Gasteiger partial charge < -0.3 is 10.1 Å². The molecule has 0 atom stereocenters. The number of nitriles is 1. The Kier molecular flexibility index (Phi) is 7.67. The third-order valence-electron chi connectivity index (χ3n) is 5.07. The summed E-state index contributed by atoms with van der Waals surface area (Å²) in [6.45, 7) is 1.41. The summed E-state index contributed by atoms with van der Waals surface area (Å²) in [7, 11) is 0.309. The first-order valence-electron chi connectivity index (χ1n) is 10.5. The standard InChI is InChI=1S/C24H23BrN6O2S/c1-34(2)9-8-33-16-31-22-11-19(25)6-7-21(22)23(29-31)24(32)28-20-13-27-30(15-20)14-18-5-3-4-17(10-18)12-26/h3-7,10-11,13,15H,8-9,14,16H2,1-2H3/p+1. The molecule has 0 radical (unpaired) electrons. The highest BCUT2D eigenvalue weighted by Gasteiger charge is 2.19. The van der Waals surface area contributed by atoms with Crippen molar-refractivity contribution >= 4 is 49.3 Å². The van der Waals surface area contributed by atoms with E-state index in [0.717, 1.165) is 26.7 Å². The molecular weight excluding hydrogens is 516 g/mol. The van der Waals surface area contributed by atoms with E-state index in [0.29, 0.717) is 41.0 Å². The molecule has 10 heteroatoms. The van der Waals surface area contributed by atoms with Crippen LogP contribution < -0.4 is 5.32 Å². The number of rotatable bonds is 9. The van der Waals surface area contributed by atoms with E-state index in [4.69, 9.17) is 10.00 Å². The van der Waals surface area contributed by atoms with Crippen LogP contribution in [0.25, 0.3) is 10.9 Å². The quantitative estimate of drug-likeness (QED) is 0.256. The fourth-order valence-electron chi connectivity index (χ4n) is 3.42. The molecule has 0 aliphatic rings. The number of halogens is 1. The maximum Gasteiger partial charge on any atom is 0.276 e. The molecule has 1 amide bonds. The van der Waals surface area contributed by atoms with Crippen molar-refractivity contribution in [3.05, 3.63) is 76.2 Å². The Balaban J connectivity index is 1.49. The third kappa shape index (κ3) is 5.86. The zero-order valence-electron chi connectivity index (χ0n) is 18.9. The summed E-state index contributed by atoms with van der Waals surface area (Å²) in [6, 6.07) is 15.2. The van der Waals surface area contributed by atoms with E-state index in [-0.39, 0.29) is 12.6 Å². The molecule has 174 valence electrons. The van der Waals surface area contributed by atoms with Gasteiger partial charge in [-0.2, -0.15) is 15.5 Å². The summed E-state index contributed by atoms with van der Waals surface area (Å²) >= 11 is 3.50. The van der Waals surface area contributed by atoms with Gasteiger partial charge >= 0.3 is 0 Å². The van der Waals surface area contributed by atoms with Crippen LogP contribution in [-0.4, -0.2) is 50.3 Å². The molecule has 0 aliphatic carbocycles. The molecule has 4 aromatic rings. The molecule has 2 aromatic carbocycles. The van der Waals surface area contributed by atoms with Crippen molar-refractivity contribution in [2.45, 2.75) is 13.3 Å². The minimum atomic E-state index is -0.319. The van der Waals surface area contributed by atoms with Gasteiger partial charge in [0.25, 0.3) is 5.91 Å². The van der Waals surface area contributed by atoms with E-state index in [1.165, 1.54) is 0 Å². The molecule has 0 bridgehead atoms. The zero-order valence-corrected chi connectivity index (χ0v) is 21.3. The van der Waals surface area contributed by atoms with Crippen molar-refractivity contribution < 1.29 is 9.53 Å². The molecule has 0 unspecified atom stereocenters. The normalized spacial score (nSPS) is 11.1. The number of nitrogens with one attached hydrogen (secondary N) is 1. The minimum Gasteiger partial charge on any atom is -0.354 e. The SMILES string of the molecule is C[S+](C)CCOCn1nc(C(=O)Nc2cnn(Cc3cccc(C#N)c3)c2)c2ccc(Br)cc21. The number of ether oxygens (including phenoxy) is 1. The number of benzene rings is 2. The number of hydrogen-bond acceptors (Lipinski definition) is 5. The molecule has 0 fully saturated rings. The molecule has 34 heavy (non-hydrogen) atoms. The predicted molar refractivity (Wildman–Crippen MR) is 138 cm³/mol. The Bertz CT molecular complexity index is 1360. The number of hydrogen-bond donors (Lipinski definition) is 1. The third-order valence-corrected chi connectivity index (χ3v) is 6.55. The molecule has 2 heterocycles. The Hall–Kier alpha value is -3.13. The van der Waals surface area contributed by atoms with Crippen LogP contribution in [0.5, 0.6) is 0 Å². The summed E-state index contributed by atoms with van der Waals surface area (Å²) in [6.07, 6.45) is 7.70. The van der Waals surface area contributed by atoms with E-state index >= 15 is 0 Å². The molecular formula is C24H24BrN6O2S+. The van der Waals surface area contributed by atoms with Crippen LogP contribution in [0.1, 0.15) is 21.6 Å². The molecule has 0 saturated heterocycles.